The van der Waals surface area contributed by atoms with Crippen molar-refractivity contribution in [1.82, 2.24) is 5.01 Å². The zero-order chi connectivity index (χ0) is 18.4. The summed E-state index contributed by atoms with van der Waals surface area (Å²) >= 11 is 0. The molecule has 0 spiro atoms. The van der Waals surface area contributed by atoms with Crippen molar-refractivity contribution in [3.8, 4) is 5.75 Å². The third-order valence-electron chi connectivity index (χ3n) is 4.88. The van der Waals surface area contributed by atoms with Gasteiger partial charge < -0.3 is 14.9 Å². The fourth-order valence-corrected chi connectivity index (χ4v) is 3.28. The lowest BCUT2D eigenvalue weighted by atomic mass is 10.2. The highest BCUT2D eigenvalue weighted by Gasteiger charge is 2.15. The molecule has 1 saturated heterocycles. The van der Waals surface area contributed by atoms with Gasteiger partial charge in [-0.3, -0.25) is 5.01 Å². The van der Waals surface area contributed by atoms with Crippen LogP contribution >= 0.6 is 0 Å². The summed E-state index contributed by atoms with van der Waals surface area (Å²) in [7, 11) is 0. The van der Waals surface area contributed by atoms with E-state index in [9.17, 15) is 5.11 Å². The Labute approximate surface area is 156 Å². The predicted octanol–water partition coefficient (Wildman–Crippen LogP) is 3.39. The molecule has 5 nitrogen and oxygen atoms in total. The summed E-state index contributed by atoms with van der Waals surface area (Å²) in [5.74, 6) is 0.279. The Balaban J connectivity index is 1.59. The van der Waals surface area contributed by atoms with Gasteiger partial charge in [0.1, 0.15) is 5.75 Å². The summed E-state index contributed by atoms with van der Waals surface area (Å²) < 4.78 is 0. The molecular weight excluding hydrogens is 324 g/mol. The summed E-state index contributed by atoms with van der Waals surface area (Å²) in [6, 6.07) is 16.3. The highest BCUT2D eigenvalue weighted by Crippen LogP contribution is 2.24. The van der Waals surface area contributed by atoms with Crippen LogP contribution in [0.5, 0.6) is 5.75 Å². The van der Waals surface area contributed by atoms with E-state index in [2.05, 4.69) is 58.0 Å². The Morgan fingerprint density at radius 1 is 1.00 bits per heavy atom. The van der Waals surface area contributed by atoms with Crippen molar-refractivity contribution in [3.63, 3.8) is 0 Å². The lowest BCUT2D eigenvalue weighted by molar-refractivity contribution is 0.272. The van der Waals surface area contributed by atoms with Crippen molar-refractivity contribution in [3.05, 3.63) is 54.1 Å². The number of hydrogen-bond donors (Lipinski definition) is 1. The van der Waals surface area contributed by atoms with E-state index < -0.39 is 0 Å². The van der Waals surface area contributed by atoms with Gasteiger partial charge in [0.25, 0.3) is 0 Å². The molecule has 2 aromatic carbocycles. The van der Waals surface area contributed by atoms with Gasteiger partial charge in [-0.1, -0.05) is 18.2 Å². The van der Waals surface area contributed by atoms with E-state index in [1.807, 2.05) is 24.3 Å². The van der Waals surface area contributed by atoms with Crippen LogP contribution in [0.4, 0.5) is 11.4 Å². The van der Waals surface area contributed by atoms with Crippen LogP contribution in [-0.4, -0.2) is 55.6 Å². The minimum Gasteiger partial charge on any atom is -0.507 e. The van der Waals surface area contributed by atoms with E-state index in [0.717, 1.165) is 50.5 Å². The zero-order valence-electron chi connectivity index (χ0n) is 15.7. The number of aromatic hydroxyl groups is 1. The molecule has 1 fully saturated rings. The van der Waals surface area contributed by atoms with Gasteiger partial charge in [0.2, 0.25) is 0 Å². The predicted molar refractivity (Wildman–Crippen MR) is 109 cm³/mol. The van der Waals surface area contributed by atoms with Crippen LogP contribution in [0.1, 0.15) is 19.4 Å². The normalized spacial score (nSPS) is 14.8. The second kappa shape index (κ2) is 8.61. The number of rotatable bonds is 6. The summed E-state index contributed by atoms with van der Waals surface area (Å²) in [5, 5.41) is 16.9. The molecule has 0 radical (unpaired) electrons. The SMILES string of the molecule is CCN(CC)c1ccc(/C=N/N2CCN(c3ccccc3)CC2)c(O)c1. The van der Waals surface area contributed by atoms with Crippen LogP contribution in [-0.2, 0) is 0 Å². The van der Waals surface area contributed by atoms with Crippen molar-refractivity contribution in [2.24, 2.45) is 5.10 Å². The fraction of sp³-hybridized carbons (Fsp3) is 0.381. The topological polar surface area (TPSA) is 42.3 Å². The molecule has 1 heterocycles. The molecule has 0 bridgehead atoms. The number of benzene rings is 2. The molecule has 1 aliphatic heterocycles. The van der Waals surface area contributed by atoms with Gasteiger partial charge in [0.15, 0.2) is 0 Å². The molecular formula is C21H28N4O. The minimum absolute atomic E-state index is 0.279. The van der Waals surface area contributed by atoms with Crippen LogP contribution in [0.3, 0.4) is 0 Å². The number of phenolic OH excluding ortho intramolecular Hbond substituents is 1. The van der Waals surface area contributed by atoms with Gasteiger partial charge in [-0.25, -0.2) is 0 Å². The first-order chi connectivity index (χ1) is 12.7. The summed E-state index contributed by atoms with van der Waals surface area (Å²) in [6.07, 6.45) is 1.76. The molecule has 5 heteroatoms. The standard InChI is InChI=1S/C21H28N4O/c1-3-23(4-2)20-11-10-18(21(26)16-20)17-22-25-14-12-24(13-15-25)19-8-6-5-7-9-19/h5-11,16-17,26H,3-4,12-15H2,1-2H3/b22-17+. The molecule has 0 amide bonds. The van der Waals surface area contributed by atoms with Crippen molar-refractivity contribution in [1.29, 1.82) is 0 Å². The third kappa shape index (κ3) is 4.28. The molecule has 1 N–H and O–H groups in total. The molecule has 0 atom stereocenters. The molecule has 2 aromatic rings. The summed E-state index contributed by atoms with van der Waals surface area (Å²) in [6.45, 7) is 9.75. The average Bonchev–Trinajstić information content (AvgIpc) is 2.69. The highest BCUT2D eigenvalue weighted by atomic mass is 16.3. The average molecular weight is 352 g/mol. The van der Waals surface area contributed by atoms with E-state index in [4.69, 9.17) is 0 Å². The largest absolute Gasteiger partial charge is 0.507 e. The van der Waals surface area contributed by atoms with Gasteiger partial charge >= 0.3 is 0 Å². The van der Waals surface area contributed by atoms with Crippen LogP contribution < -0.4 is 9.80 Å². The first kappa shape index (κ1) is 18.1. The fourth-order valence-electron chi connectivity index (χ4n) is 3.28. The van der Waals surface area contributed by atoms with Crippen molar-refractivity contribution in [2.45, 2.75) is 13.8 Å². The van der Waals surface area contributed by atoms with Crippen LogP contribution in [0, 0.1) is 0 Å². The highest BCUT2D eigenvalue weighted by molar-refractivity contribution is 5.84. The molecule has 3 rings (SSSR count). The minimum atomic E-state index is 0.279. The number of hydrogen-bond acceptors (Lipinski definition) is 5. The van der Waals surface area contributed by atoms with Crippen molar-refractivity contribution < 1.29 is 5.11 Å². The van der Waals surface area contributed by atoms with Crippen LogP contribution in [0.2, 0.25) is 0 Å². The maximum Gasteiger partial charge on any atom is 0.126 e. The van der Waals surface area contributed by atoms with E-state index in [0.29, 0.717) is 0 Å². The number of nitrogens with zero attached hydrogens (tertiary/aromatic N) is 4. The number of para-hydroxylation sites is 1. The molecule has 0 aliphatic carbocycles. The lowest BCUT2D eigenvalue weighted by Gasteiger charge is -2.34. The lowest BCUT2D eigenvalue weighted by Crippen LogP contribution is -2.44. The summed E-state index contributed by atoms with van der Waals surface area (Å²) in [5.41, 5.74) is 3.06. The van der Waals surface area contributed by atoms with E-state index in [1.165, 1.54) is 5.69 Å². The van der Waals surface area contributed by atoms with Crippen molar-refractivity contribution in [2.75, 3.05) is 49.1 Å². The summed E-state index contributed by atoms with van der Waals surface area (Å²) in [4.78, 5) is 4.59. The molecule has 0 aromatic heterocycles. The van der Waals surface area contributed by atoms with E-state index in [1.54, 1.807) is 6.21 Å². The van der Waals surface area contributed by atoms with Crippen LogP contribution in [0.15, 0.2) is 53.6 Å². The van der Waals surface area contributed by atoms with Gasteiger partial charge in [-0.05, 0) is 38.1 Å². The zero-order valence-corrected chi connectivity index (χ0v) is 15.7. The maximum absolute atomic E-state index is 10.3. The molecule has 1 aliphatic rings. The first-order valence-electron chi connectivity index (χ1n) is 9.38. The first-order valence-corrected chi connectivity index (χ1v) is 9.38. The Hall–Kier alpha value is -2.69. The van der Waals surface area contributed by atoms with Crippen LogP contribution in [0.25, 0.3) is 0 Å². The number of anilines is 2. The van der Waals surface area contributed by atoms with E-state index >= 15 is 0 Å². The molecule has 0 saturated carbocycles. The van der Waals surface area contributed by atoms with Gasteiger partial charge in [0, 0.05) is 49.2 Å². The van der Waals surface area contributed by atoms with Gasteiger partial charge in [0.05, 0.1) is 19.3 Å². The van der Waals surface area contributed by atoms with Gasteiger partial charge in [-0.2, -0.15) is 5.10 Å². The van der Waals surface area contributed by atoms with E-state index in [-0.39, 0.29) is 5.75 Å². The molecule has 26 heavy (non-hydrogen) atoms. The Morgan fingerprint density at radius 2 is 1.69 bits per heavy atom. The molecule has 0 unspecified atom stereocenters. The second-order valence-electron chi connectivity index (χ2n) is 6.44. The number of hydrazone groups is 1. The quantitative estimate of drug-likeness (QED) is 0.809. The second-order valence-corrected chi connectivity index (χ2v) is 6.44. The monoisotopic (exact) mass is 352 g/mol. The Bertz CT molecular complexity index is 720. The molecule has 138 valence electrons. The number of piperazine rings is 1. The Kier molecular flexibility index (Phi) is 6.00. The van der Waals surface area contributed by atoms with Gasteiger partial charge in [-0.15, -0.1) is 0 Å². The smallest absolute Gasteiger partial charge is 0.126 e. The third-order valence-corrected chi connectivity index (χ3v) is 4.88. The number of phenols is 1. The Morgan fingerprint density at radius 3 is 2.31 bits per heavy atom. The maximum atomic E-state index is 10.3. The van der Waals surface area contributed by atoms with Crippen molar-refractivity contribution >= 4 is 17.6 Å².